The van der Waals surface area contributed by atoms with E-state index in [2.05, 4.69) is 27.1 Å². The quantitative estimate of drug-likeness (QED) is 0.669. The van der Waals surface area contributed by atoms with Crippen LogP contribution in [-0.4, -0.2) is 15.0 Å². The van der Waals surface area contributed by atoms with Crippen LogP contribution < -0.4 is 0 Å². The van der Waals surface area contributed by atoms with Crippen LogP contribution in [-0.2, 0) is 0 Å². The lowest BCUT2D eigenvalue weighted by Crippen LogP contribution is -1.80. The van der Waals surface area contributed by atoms with Crippen LogP contribution in [0.3, 0.4) is 0 Å². The molecule has 16 heavy (non-hydrogen) atoms. The van der Waals surface area contributed by atoms with E-state index in [1.54, 1.807) is 0 Å². The fraction of sp³-hybridized carbons (Fsp3) is 0. The first-order valence-electron chi connectivity index (χ1n) is 5.18. The highest BCUT2D eigenvalue weighted by Crippen LogP contribution is 2.20. The van der Waals surface area contributed by atoms with Crippen LogP contribution in [0.25, 0.3) is 22.8 Å². The van der Waals surface area contributed by atoms with Crippen molar-refractivity contribution in [2.75, 3.05) is 0 Å². The number of nitrogens with zero attached hydrogens (tertiary/aromatic N) is 1. The number of hydrogen-bond acceptors (Lipinski definition) is 1. The summed E-state index contributed by atoms with van der Waals surface area (Å²) in [5, 5.41) is 0. The third-order valence-corrected chi connectivity index (χ3v) is 2.51. The van der Waals surface area contributed by atoms with Crippen molar-refractivity contribution < 1.29 is 0 Å². The van der Waals surface area contributed by atoms with Crippen LogP contribution in [0.2, 0.25) is 0 Å². The van der Waals surface area contributed by atoms with Crippen molar-refractivity contribution in [2.24, 2.45) is 0 Å². The molecule has 2 aromatic heterocycles. The van der Waals surface area contributed by atoms with Gasteiger partial charge in [-0.15, -0.1) is 0 Å². The van der Waals surface area contributed by atoms with E-state index in [1.807, 2.05) is 42.7 Å². The summed E-state index contributed by atoms with van der Waals surface area (Å²) < 4.78 is 0. The van der Waals surface area contributed by atoms with Crippen LogP contribution in [0, 0.1) is 0 Å². The molecule has 0 bridgehead atoms. The Bertz CT molecular complexity index is 564. The molecular formula is C13H11N3. The Kier molecular flexibility index (Phi) is 2.07. The minimum absolute atomic E-state index is 0.865. The van der Waals surface area contributed by atoms with E-state index in [4.69, 9.17) is 0 Å². The van der Waals surface area contributed by atoms with E-state index in [9.17, 15) is 0 Å². The van der Waals surface area contributed by atoms with Gasteiger partial charge in [0.15, 0.2) is 5.82 Å². The molecule has 1 aromatic carbocycles. The summed E-state index contributed by atoms with van der Waals surface area (Å²) in [4.78, 5) is 10.8. The molecule has 0 atom stereocenters. The van der Waals surface area contributed by atoms with Crippen molar-refractivity contribution >= 4 is 0 Å². The average molecular weight is 209 g/mol. The highest BCUT2D eigenvalue weighted by Gasteiger charge is 2.04. The predicted molar refractivity (Wildman–Crippen MR) is 63.8 cm³/mol. The van der Waals surface area contributed by atoms with Crippen molar-refractivity contribution in [3.8, 4) is 22.8 Å². The Hall–Kier alpha value is -2.29. The third kappa shape index (κ3) is 1.52. The van der Waals surface area contributed by atoms with Crippen LogP contribution >= 0.6 is 0 Å². The summed E-state index contributed by atoms with van der Waals surface area (Å²) in [7, 11) is 0. The van der Waals surface area contributed by atoms with Gasteiger partial charge in [-0.2, -0.15) is 0 Å². The second-order valence-electron chi connectivity index (χ2n) is 3.60. The van der Waals surface area contributed by atoms with Crippen molar-refractivity contribution in [3.63, 3.8) is 0 Å². The molecule has 3 rings (SSSR count). The maximum Gasteiger partial charge on any atom is 0.154 e. The largest absolute Gasteiger partial charge is 0.359 e. The van der Waals surface area contributed by atoms with Crippen molar-refractivity contribution in [3.05, 3.63) is 54.9 Å². The zero-order valence-corrected chi connectivity index (χ0v) is 8.64. The SMILES string of the molecule is c1ccc(-c2cnc(-c3ccc[nH]3)[nH]2)cc1. The Morgan fingerprint density at radius 1 is 0.875 bits per heavy atom. The molecule has 0 saturated carbocycles. The van der Waals surface area contributed by atoms with E-state index < -0.39 is 0 Å². The zero-order valence-electron chi connectivity index (χ0n) is 8.64. The first kappa shape index (κ1) is 8.97. The normalized spacial score (nSPS) is 10.5. The van der Waals surface area contributed by atoms with Gasteiger partial charge in [0.05, 0.1) is 17.6 Å². The lowest BCUT2D eigenvalue weighted by atomic mass is 10.2. The molecule has 2 N–H and O–H groups in total. The van der Waals surface area contributed by atoms with Gasteiger partial charge in [0.2, 0.25) is 0 Å². The minimum Gasteiger partial charge on any atom is -0.359 e. The van der Waals surface area contributed by atoms with Crippen LogP contribution in [0.15, 0.2) is 54.9 Å². The molecule has 0 saturated heterocycles. The molecule has 78 valence electrons. The number of aromatic nitrogens is 3. The average Bonchev–Trinajstić information content (AvgIpc) is 3.01. The number of aromatic amines is 2. The van der Waals surface area contributed by atoms with Crippen molar-refractivity contribution in [1.82, 2.24) is 15.0 Å². The van der Waals surface area contributed by atoms with E-state index in [0.717, 1.165) is 22.8 Å². The van der Waals surface area contributed by atoms with Gasteiger partial charge in [-0.3, -0.25) is 0 Å². The predicted octanol–water partition coefficient (Wildman–Crippen LogP) is 3.07. The Morgan fingerprint density at radius 2 is 1.75 bits per heavy atom. The van der Waals surface area contributed by atoms with Gasteiger partial charge in [-0.25, -0.2) is 4.98 Å². The Balaban J connectivity index is 2.00. The minimum atomic E-state index is 0.865. The molecule has 0 unspecified atom stereocenters. The van der Waals surface area contributed by atoms with E-state index in [-0.39, 0.29) is 0 Å². The molecule has 0 aliphatic carbocycles. The smallest absolute Gasteiger partial charge is 0.154 e. The van der Waals surface area contributed by atoms with E-state index >= 15 is 0 Å². The maximum absolute atomic E-state index is 4.35. The highest BCUT2D eigenvalue weighted by molar-refractivity contribution is 5.62. The molecule has 0 fully saturated rings. The topological polar surface area (TPSA) is 44.5 Å². The number of nitrogens with one attached hydrogen (secondary N) is 2. The second kappa shape index (κ2) is 3.70. The lowest BCUT2D eigenvalue weighted by Gasteiger charge is -1.95. The maximum atomic E-state index is 4.35. The van der Waals surface area contributed by atoms with E-state index in [0.29, 0.717) is 0 Å². The van der Waals surface area contributed by atoms with Crippen LogP contribution in [0.4, 0.5) is 0 Å². The zero-order chi connectivity index (χ0) is 10.8. The summed E-state index contributed by atoms with van der Waals surface area (Å²) in [6.45, 7) is 0. The van der Waals surface area contributed by atoms with Gasteiger partial charge in [-0.05, 0) is 17.7 Å². The molecule has 2 heterocycles. The van der Waals surface area contributed by atoms with Crippen molar-refractivity contribution in [1.29, 1.82) is 0 Å². The van der Waals surface area contributed by atoms with Crippen LogP contribution in [0.5, 0.6) is 0 Å². The van der Waals surface area contributed by atoms with E-state index in [1.165, 1.54) is 0 Å². The summed E-state index contributed by atoms with van der Waals surface area (Å²) in [5.74, 6) is 0.865. The standard InChI is InChI=1S/C13H11N3/c1-2-5-10(6-3-1)12-9-15-13(16-12)11-7-4-8-14-11/h1-9,14H,(H,15,16). The summed E-state index contributed by atoms with van der Waals surface area (Å²) in [6.07, 6.45) is 3.74. The molecule has 3 aromatic rings. The molecule has 0 amide bonds. The number of hydrogen-bond donors (Lipinski definition) is 2. The summed E-state index contributed by atoms with van der Waals surface area (Å²) in [5.41, 5.74) is 3.18. The molecule has 0 spiro atoms. The van der Waals surface area contributed by atoms with Gasteiger partial charge in [0.1, 0.15) is 0 Å². The Labute approximate surface area is 93.2 Å². The first-order valence-corrected chi connectivity index (χ1v) is 5.18. The number of benzene rings is 1. The number of rotatable bonds is 2. The van der Waals surface area contributed by atoms with Crippen molar-refractivity contribution in [2.45, 2.75) is 0 Å². The molecule has 3 nitrogen and oxygen atoms in total. The molecule has 3 heteroatoms. The fourth-order valence-corrected chi connectivity index (χ4v) is 1.70. The van der Waals surface area contributed by atoms with Gasteiger partial charge in [0, 0.05) is 6.20 Å². The Morgan fingerprint density at radius 3 is 2.50 bits per heavy atom. The van der Waals surface area contributed by atoms with Gasteiger partial charge in [0.25, 0.3) is 0 Å². The monoisotopic (exact) mass is 209 g/mol. The third-order valence-electron chi connectivity index (χ3n) is 2.51. The van der Waals surface area contributed by atoms with Crippen LogP contribution in [0.1, 0.15) is 0 Å². The highest BCUT2D eigenvalue weighted by atomic mass is 14.9. The van der Waals surface area contributed by atoms with Gasteiger partial charge < -0.3 is 9.97 Å². The summed E-state index contributed by atoms with van der Waals surface area (Å²) >= 11 is 0. The molecule has 0 aliphatic rings. The number of imidazole rings is 1. The molecule has 0 aliphatic heterocycles. The number of H-pyrrole nitrogens is 2. The fourth-order valence-electron chi connectivity index (χ4n) is 1.70. The summed E-state index contributed by atoms with van der Waals surface area (Å²) in [6, 6.07) is 14.1. The van der Waals surface area contributed by atoms with Gasteiger partial charge in [-0.1, -0.05) is 30.3 Å². The lowest BCUT2D eigenvalue weighted by molar-refractivity contribution is 1.26. The van der Waals surface area contributed by atoms with Gasteiger partial charge >= 0.3 is 0 Å². The first-order chi connectivity index (χ1) is 7.93. The second-order valence-corrected chi connectivity index (χ2v) is 3.60. The molecular weight excluding hydrogens is 198 g/mol. The molecule has 0 radical (unpaired) electrons.